The average Bonchev–Trinajstić information content (AvgIpc) is 3.67. The Morgan fingerprint density at radius 1 is 1.05 bits per heavy atom. The molecule has 196 valence electrons. The highest BCUT2D eigenvalue weighted by Gasteiger charge is 2.33. The maximum Gasteiger partial charge on any atom is 0.418 e. The molecule has 0 aliphatic carbocycles. The van der Waals surface area contributed by atoms with Gasteiger partial charge in [-0.2, -0.15) is 13.2 Å². The monoisotopic (exact) mass is 523 g/mol. The number of fused-ring (bicyclic) bond motifs is 1. The van der Waals surface area contributed by atoms with Gasteiger partial charge < -0.3 is 24.6 Å². The van der Waals surface area contributed by atoms with E-state index in [-0.39, 0.29) is 17.9 Å². The summed E-state index contributed by atoms with van der Waals surface area (Å²) < 4.78 is 46.6. The number of oxazole rings is 1. The van der Waals surface area contributed by atoms with Crippen molar-refractivity contribution in [3.8, 4) is 5.69 Å². The molecule has 0 radical (unpaired) electrons. The van der Waals surface area contributed by atoms with Crippen molar-refractivity contribution in [1.82, 2.24) is 35.1 Å². The summed E-state index contributed by atoms with van der Waals surface area (Å²) in [7, 11) is 0. The van der Waals surface area contributed by atoms with Gasteiger partial charge in [-0.3, -0.25) is 9.78 Å². The molecule has 1 aromatic carbocycles. The highest BCUT2D eigenvalue weighted by molar-refractivity contribution is 5.91. The maximum atomic E-state index is 13.1. The van der Waals surface area contributed by atoms with Crippen molar-refractivity contribution in [3.05, 3.63) is 96.0 Å². The lowest BCUT2D eigenvalue weighted by Crippen LogP contribution is -2.25. The fourth-order valence-corrected chi connectivity index (χ4v) is 3.98. The fraction of sp³-hybridized carbons (Fsp3) is 0.231. The van der Waals surface area contributed by atoms with Crippen LogP contribution in [0.5, 0.6) is 0 Å². The van der Waals surface area contributed by atoms with Gasteiger partial charge >= 0.3 is 6.18 Å². The van der Waals surface area contributed by atoms with Gasteiger partial charge in [0, 0.05) is 50.2 Å². The van der Waals surface area contributed by atoms with Crippen molar-refractivity contribution in [2.75, 3.05) is 13.1 Å². The Labute approximate surface area is 215 Å². The third-order valence-electron chi connectivity index (χ3n) is 5.87. The molecular formula is C26H24F3N7O2. The number of alkyl halides is 3. The summed E-state index contributed by atoms with van der Waals surface area (Å²) in [6.07, 6.45) is 2.98. The van der Waals surface area contributed by atoms with Crippen LogP contribution in [0.2, 0.25) is 0 Å². The van der Waals surface area contributed by atoms with E-state index in [9.17, 15) is 18.0 Å². The molecule has 0 saturated heterocycles. The number of nitrogens with one attached hydrogen (secondary N) is 3. The molecule has 0 unspecified atom stereocenters. The first-order valence-corrected chi connectivity index (χ1v) is 11.9. The first kappa shape index (κ1) is 25.2. The highest BCUT2D eigenvalue weighted by Crippen LogP contribution is 2.30. The predicted molar refractivity (Wildman–Crippen MR) is 133 cm³/mol. The van der Waals surface area contributed by atoms with Crippen molar-refractivity contribution in [3.63, 3.8) is 0 Å². The molecule has 5 rings (SSSR count). The minimum absolute atomic E-state index is 0.00829. The molecule has 5 aromatic rings. The molecule has 9 nitrogen and oxygen atoms in total. The van der Waals surface area contributed by atoms with Crippen LogP contribution in [0.4, 0.5) is 13.2 Å². The summed E-state index contributed by atoms with van der Waals surface area (Å²) >= 11 is 0. The van der Waals surface area contributed by atoms with Crippen LogP contribution in [0.15, 0.2) is 71.7 Å². The number of halogens is 3. The minimum Gasteiger partial charge on any atom is -0.448 e. The molecule has 0 bridgehead atoms. The van der Waals surface area contributed by atoms with Crippen LogP contribution in [0, 0.1) is 0 Å². The average molecular weight is 524 g/mol. The first-order chi connectivity index (χ1) is 18.4. The van der Waals surface area contributed by atoms with E-state index in [0.29, 0.717) is 31.8 Å². The minimum atomic E-state index is -4.56. The number of carbonyl (C=O) groups is 1. The third kappa shape index (κ3) is 5.92. The summed E-state index contributed by atoms with van der Waals surface area (Å²) in [6.45, 7) is 0.847. The van der Waals surface area contributed by atoms with Crippen LogP contribution in [0.1, 0.15) is 33.5 Å². The van der Waals surface area contributed by atoms with Gasteiger partial charge in [0.05, 0.1) is 28.8 Å². The maximum absolute atomic E-state index is 13.1. The SMILES string of the molecule is O=C(NCc1ncccc1C(F)(F)F)c1coc(CCNCCc2nc3ccc(-n4cccc4)cc3[nH]2)n1. The van der Waals surface area contributed by atoms with Crippen molar-refractivity contribution < 1.29 is 22.4 Å². The van der Waals surface area contributed by atoms with Gasteiger partial charge in [0.15, 0.2) is 11.6 Å². The number of H-pyrrole nitrogens is 1. The Kier molecular flexibility index (Phi) is 7.22. The van der Waals surface area contributed by atoms with Crippen molar-refractivity contribution in [2.24, 2.45) is 0 Å². The largest absolute Gasteiger partial charge is 0.448 e. The number of carbonyl (C=O) groups excluding carboxylic acids is 1. The Bertz CT molecular complexity index is 1520. The standard InChI is InChI=1S/C26H24F3N7O2/c27-26(28,29)18-4-3-9-31-21(18)15-32-25(37)22-16-38-24(35-22)8-11-30-10-7-23-33-19-6-5-17(14-20(19)34-23)36-12-1-2-13-36/h1-6,9,12-14,16,30H,7-8,10-11,15H2,(H,32,37)(H,33,34). The number of amides is 1. The molecule has 3 N–H and O–H groups in total. The summed E-state index contributed by atoms with van der Waals surface area (Å²) in [6, 6.07) is 12.1. The van der Waals surface area contributed by atoms with Crippen LogP contribution in [-0.4, -0.2) is 43.5 Å². The second-order valence-corrected chi connectivity index (χ2v) is 8.53. The molecule has 0 saturated carbocycles. The van der Waals surface area contributed by atoms with Crippen LogP contribution in [0.3, 0.4) is 0 Å². The fourth-order valence-electron chi connectivity index (χ4n) is 3.98. The zero-order chi connectivity index (χ0) is 26.5. The smallest absolute Gasteiger partial charge is 0.418 e. The number of nitrogens with zero attached hydrogens (tertiary/aromatic N) is 4. The molecule has 0 aliphatic heterocycles. The van der Waals surface area contributed by atoms with Crippen molar-refractivity contribution in [2.45, 2.75) is 25.6 Å². The Morgan fingerprint density at radius 2 is 1.87 bits per heavy atom. The van der Waals surface area contributed by atoms with E-state index in [4.69, 9.17) is 4.42 Å². The van der Waals surface area contributed by atoms with Gasteiger partial charge in [-0.25, -0.2) is 9.97 Å². The Hall–Kier alpha value is -4.45. The van der Waals surface area contributed by atoms with Gasteiger partial charge in [0.2, 0.25) is 0 Å². The number of hydrogen-bond donors (Lipinski definition) is 3. The number of pyridine rings is 1. The molecular weight excluding hydrogens is 499 g/mol. The second kappa shape index (κ2) is 10.9. The van der Waals surface area contributed by atoms with Gasteiger partial charge in [0.25, 0.3) is 5.91 Å². The summed E-state index contributed by atoms with van der Waals surface area (Å²) in [5, 5.41) is 5.69. The third-order valence-corrected chi connectivity index (χ3v) is 5.87. The number of rotatable bonds is 10. The zero-order valence-electron chi connectivity index (χ0n) is 20.1. The molecule has 12 heteroatoms. The van der Waals surface area contributed by atoms with Gasteiger partial charge in [-0.15, -0.1) is 0 Å². The van der Waals surface area contributed by atoms with Crippen molar-refractivity contribution in [1.29, 1.82) is 0 Å². The van der Waals surface area contributed by atoms with E-state index in [2.05, 4.69) is 36.6 Å². The van der Waals surface area contributed by atoms with Gasteiger partial charge in [0.1, 0.15) is 12.1 Å². The predicted octanol–water partition coefficient (Wildman–Crippen LogP) is 4.06. The number of aromatic amines is 1. The lowest BCUT2D eigenvalue weighted by atomic mass is 10.2. The number of imidazole rings is 1. The van der Waals surface area contributed by atoms with Crippen LogP contribution in [0.25, 0.3) is 16.7 Å². The molecule has 4 aromatic heterocycles. The molecule has 38 heavy (non-hydrogen) atoms. The molecule has 1 amide bonds. The zero-order valence-corrected chi connectivity index (χ0v) is 20.1. The lowest BCUT2D eigenvalue weighted by molar-refractivity contribution is -0.138. The van der Waals surface area contributed by atoms with Crippen LogP contribution >= 0.6 is 0 Å². The quantitative estimate of drug-likeness (QED) is 0.238. The van der Waals surface area contributed by atoms with E-state index in [1.807, 2.05) is 41.2 Å². The normalized spacial score (nSPS) is 11.8. The van der Waals surface area contributed by atoms with E-state index < -0.39 is 17.6 Å². The second-order valence-electron chi connectivity index (χ2n) is 8.53. The van der Waals surface area contributed by atoms with E-state index >= 15 is 0 Å². The summed E-state index contributed by atoms with van der Waals surface area (Å²) in [4.78, 5) is 28.1. The number of aromatic nitrogens is 5. The summed E-state index contributed by atoms with van der Waals surface area (Å²) in [5.74, 6) is 0.572. The molecule has 4 heterocycles. The molecule has 0 aliphatic rings. The van der Waals surface area contributed by atoms with E-state index in [1.54, 1.807) is 0 Å². The van der Waals surface area contributed by atoms with Crippen LogP contribution in [-0.2, 0) is 25.6 Å². The van der Waals surface area contributed by atoms with Gasteiger partial charge in [-0.05, 0) is 42.5 Å². The topological polar surface area (TPSA) is 114 Å². The number of benzene rings is 1. The number of hydrogen-bond acceptors (Lipinski definition) is 6. The lowest BCUT2D eigenvalue weighted by Gasteiger charge is -2.11. The molecule has 0 atom stereocenters. The molecule has 0 spiro atoms. The first-order valence-electron chi connectivity index (χ1n) is 11.9. The van der Waals surface area contributed by atoms with Crippen molar-refractivity contribution >= 4 is 16.9 Å². The Balaban J connectivity index is 1.07. The summed E-state index contributed by atoms with van der Waals surface area (Å²) in [5.41, 5.74) is 1.75. The molecule has 0 fully saturated rings. The highest BCUT2D eigenvalue weighted by atomic mass is 19.4. The van der Waals surface area contributed by atoms with Crippen LogP contribution < -0.4 is 10.6 Å². The van der Waals surface area contributed by atoms with E-state index in [1.165, 1.54) is 18.5 Å². The Morgan fingerprint density at radius 3 is 2.68 bits per heavy atom. The van der Waals surface area contributed by atoms with Gasteiger partial charge in [-0.1, -0.05) is 0 Å². The van der Waals surface area contributed by atoms with E-state index in [0.717, 1.165) is 28.6 Å².